The number of benzene rings is 2. The zero-order valence-electron chi connectivity index (χ0n) is 13.2. The highest BCUT2D eigenvalue weighted by molar-refractivity contribution is 5.84. The van der Waals surface area contributed by atoms with Gasteiger partial charge in [0, 0.05) is 24.2 Å². The van der Waals surface area contributed by atoms with Gasteiger partial charge in [-0.15, -0.1) is 0 Å². The predicted octanol–water partition coefficient (Wildman–Crippen LogP) is 3.37. The van der Waals surface area contributed by atoms with Gasteiger partial charge in [-0.1, -0.05) is 6.07 Å². The van der Waals surface area contributed by atoms with Crippen molar-refractivity contribution in [1.29, 1.82) is 0 Å². The van der Waals surface area contributed by atoms with Crippen LogP contribution in [0.3, 0.4) is 0 Å². The quantitative estimate of drug-likeness (QED) is 0.741. The first-order chi connectivity index (χ1) is 11.1. The SMILES string of the molecule is CCN(CC)c1ccc2cnn(-c3ccc(F)cc3)c(=O)c2c1. The van der Waals surface area contributed by atoms with Crippen molar-refractivity contribution in [2.75, 3.05) is 18.0 Å². The third-order valence-electron chi connectivity index (χ3n) is 3.97. The number of aromatic nitrogens is 2. The summed E-state index contributed by atoms with van der Waals surface area (Å²) in [7, 11) is 0. The maximum atomic E-state index is 13.1. The summed E-state index contributed by atoms with van der Waals surface area (Å²) in [6.07, 6.45) is 1.66. The summed E-state index contributed by atoms with van der Waals surface area (Å²) < 4.78 is 14.4. The molecule has 0 unspecified atom stereocenters. The maximum Gasteiger partial charge on any atom is 0.279 e. The molecule has 3 rings (SSSR count). The molecule has 0 spiro atoms. The molecular weight excluding hydrogens is 293 g/mol. The van der Waals surface area contributed by atoms with Crippen LogP contribution in [0.1, 0.15) is 13.8 Å². The van der Waals surface area contributed by atoms with Gasteiger partial charge in [0.2, 0.25) is 0 Å². The molecule has 0 aliphatic rings. The lowest BCUT2D eigenvalue weighted by molar-refractivity contribution is 0.626. The van der Waals surface area contributed by atoms with Gasteiger partial charge in [0.1, 0.15) is 5.82 Å². The number of hydrogen-bond donors (Lipinski definition) is 0. The van der Waals surface area contributed by atoms with Gasteiger partial charge in [-0.25, -0.2) is 4.39 Å². The Labute approximate surface area is 133 Å². The second kappa shape index (κ2) is 6.20. The Balaban J connectivity index is 2.17. The first-order valence-corrected chi connectivity index (χ1v) is 7.67. The molecule has 2 aromatic carbocycles. The van der Waals surface area contributed by atoms with Gasteiger partial charge >= 0.3 is 0 Å². The monoisotopic (exact) mass is 311 g/mol. The molecule has 4 nitrogen and oxygen atoms in total. The van der Waals surface area contributed by atoms with Gasteiger partial charge in [0.05, 0.1) is 17.3 Å². The summed E-state index contributed by atoms with van der Waals surface area (Å²) in [5.74, 6) is -0.341. The minimum Gasteiger partial charge on any atom is -0.372 e. The van der Waals surface area contributed by atoms with Crippen LogP contribution in [0.25, 0.3) is 16.5 Å². The average molecular weight is 311 g/mol. The molecule has 1 heterocycles. The molecule has 23 heavy (non-hydrogen) atoms. The lowest BCUT2D eigenvalue weighted by Crippen LogP contribution is -2.23. The van der Waals surface area contributed by atoms with Crippen molar-refractivity contribution in [3.63, 3.8) is 0 Å². The van der Waals surface area contributed by atoms with Gasteiger partial charge in [-0.3, -0.25) is 4.79 Å². The summed E-state index contributed by atoms with van der Waals surface area (Å²) in [5.41, 5.74) is 1.35. The van der Waals surface area contributed by atoms with Crippen molar-refractivity contribution in [3.05, 3.63) is 64.8 Å². The smallest absolute Gasteiger partial charge is 0.279 e. The molecule has 0 aliphatic carbocycles. The summed E-state index contributed by atoms with van der Waals surface area (Å²) in [4.78, 5) is 14.9. The van der Waals surface area contributed by atoms with E-state index in [2.05, 4.69) is 23.8 Å². The minimum absolute atomic E-state index is 0.205. The Morgan fingerprint density at radius 2 is 1.78 bits per heavy atom. The van der Waals surface area contributed by atoms with Crippen LogP contribution in [-0.4, -0.2) is 22.9 Å². The average Bonchev–Trinajstić information content (AvgIpc) is 2.58. The molecule has 0 aliphatic heterocycles. The van der Waals surface area contributed by atoms with Gasteiger partial charge < -0.3 is 4.90 Å². The zero-order chi connectivity index (χ0) is 16.4. The second-order valence-electron chi connectivity index (χ2n) is 5.28. The van der Waals surface area contributed by atoms with E-state index >= 15 is 0 Å². The molecule has 0 amide bonds. The summed E-state index contributed by atoms with van der Waals surface area (Å²) in [6.45, 7) is 5.91. The lowest BCUT2D eigenvalue weighted by Gasteiger charge is -2.21. The van der Waals surface area contributed by atoms with Gasteiger partial charge in [-0.2, -0.15) is 9.78 Å². The fraction of sp³-hybridized carbons (Fsp3) is 0.222. The molecule has 0 fully saturated rings. The lowest BCUT2D eigenvalue weighted by atomic mass is 10.1. The Bertz CT molecular complexity index is 883. The van der Waals surface area contributed by atoms with E-state index in [0.29, 0.717) is 11.1 Å². The number of anilines is 1. The Morgan fingerprint density at radius 3 is 2.43 bits per heavy atom. The molecule has 0 saturated carbocycles. The first-order valence-electron chi connectivity index (χ1n) is 7.67. The van der Waals surface area contributed by atoms with Crippen LogP contribution in [-0.2, 0) is 0 Å². The first kappa shape index (κ1) is 15.2. The van der Waals surface area contributed by atoms with Crippen molar-refractivity contribution < 1.29 is 4.39 Å². The van der Waals surface area contributed by atoms with Crippen molar-refractivity contribution >= 4 is 16.5 Å². The van der Waals surface area contributed by atoms with Crippen LogP contribution in [0.15, 0.2) is 53.5 Å². The number of hydrogen-bond acceptors (Lipinski definition) is 3. The number of fused-ring (bicyclic) bond motifs is 1. The van der Waals surface area contributed by atoms with Crippen molar-refractivity contribution in [1.82, 2.24) is 9.78 Å². The standard InChI is InChI=1S/C18H18FN3O/c1-3-21(4-2)16-8-5-13-12-20-22(18(23)17(13)11-16)15-9-6-14(19)7-10-15/h5-12H,3-4H2,1-2H3. The topological polar surface area (TPSA) is 38.1 Å². The summed E-state index contributed by atoms with van der Waals surface area (Å²) in [5, 5.41) is 5.59. The molecule has 0 radical (unpaired) electrons. The van der Waals surface area contributed by atoms with Crippen LogP contribution in [0, 0.1) is 5.82 Å². The highest BCUT2D eigenvalue weighted by atomic mass is 19.1. The minimum atomic E-state index is -0.341. The van der Waals surface area contributed by atoms with Crippen molar-refractivity contribution in [2.45, 2.75) is 13.8 Å². The summed E-state index contributed by atoms with van der Waals surface area (Å²) in [6, 6.07) is 11.5. The van der Waals surface area contributed by atoms with Crippen LogP contribution in [0.4, 0.5) is 10.1 Å². The van der Waals surface area contributed by atoms with Crippen LogP contribution in [0.5, 0.6) is 0 Å². The van der Waals surface area contributed by atoms with Gasteiger partial charge in [0.25, 0.3) is 5.56 Å². The fourth-order valence-electron chi connectivity index (χ4n) is 2.68. The highest BCUT2D eigenvalue weighted by Gasteiger charge is 2.09. The molecule has 0 N–H and O–H groups in total. The Morgan fingerprint density at radius 1 is 1.09 bits per heavy atom. The Hall–Kier alpha value is -2.69. The molecule has 0 atom stereocenters. The van der Waals surface area contributed by atoms with Crippen LogP contribution >= 0.6 is 0 Å². The Kier molecular flexibility index (Phi) is 4.10. The van der Waals surface area contributed by atoms with E-state index in [1.807, 2.05) is 18.2 Å². The van der Waals surface area contributed by atoms with Crippen molar-refractivity contribution in [3.8, 4) is 5.69 Å². The zero-order valence-corrected chi connectivity index (χ0v) is 13.2. The van der Waals surface area contributed by atoms with Gasteiger partial charge in [-0.05, 0) is 50.2 Å². The largest absolute Gasteiger partial charge is 0.372 e. The van der Waals surface area contributed by atoms with E-state index in [1.165, 1.54) is 16.8 Å². The van der Waals surface area contributed by atoms with Crippen LogP contribution < -0.4 is 10.5 Å². The molecule has 0 bridgehead atoms. The molecule has 0 saturated heterocycles. The molecule has 3 aromatic rings. The highest BCUT2D eigenvalue weighted by Crippen LogP contribution is 2.19. The van der Waals surface area contributed by atoms with Crippen molar-refractivity contribution in [2.24, 2.45) is 0 Å². The molecular formula is C18H18FN3O. The number of halogens is 1. The number of rotatable bonds is 4. The predicted molar refractivity (Wildman–Crippen MR) is 90.9 cm³/mol. The fourth-order valence-corrected chi connectivity index (χ4v) is 2.68. The second-order valence-corrected chi connectivity index (χ2v) is 5.28. The molecule has 1 aromatic heterocycles. The van der Waals surface area contributed by atoms with E-state index in [1.54, 1.807) is 18.3 Å². The third kappa shape index (κ3) is 2.82. The van der Waals surface area contributed by atoms with E-state index in [9.17, 15) is 9.18 Å². The maximum absolute atomic E-state index is 13.1. The van der Waals surface area contributed by atoms with E-state index < -0.39 is 0 Å². The van der Waals surface area contributed by atoms with E-state index in [0.717, 1.165) is 24.2 Å². The number of nitrogens with zero attached hydrogens (tertiary/aromatic N) is 3. The van der Waals surface area contributed by atoms with Crippen LogP contribution in [0.2, 0.25) is 0 Å². The summed E-state index contributed by atoms with van der Waals surface area (Å²) >= 11 is 0. The third-order valence-corrected chi connectivity index (χ3v) is 3.97. The normalized spacial score (nSPS) is 10.9. The van der Waals surface area contributed by atoms with E-state index in [-0.39, 0.29) is 11.4 Å². The molecule has 5 heteroatoms. The van der Waals surface area contributed by atoms with E-state index in [4.69, 9.17) is 0 Å². The molecule has 118 valence electrons. The van der Waals surface area contributed by atoms with Gasteiger partial charge in [0.15, 0.2) is 0 Å².